The predicted molar refractivity (Wildman–Crippen MR) is 161 cm³/mol. The summed E-state index contributed by atoms with van der Waals surface area (Å²) in [6, 6.07) is 7.28. The molecule has 0 radical (unpaired) electrons. The number of fused-ring (bicyclic) bond motifs is 1. The fourth-order valence-electron chi connectivity index (χ4n) is 5.01. The Morgan fingerprint density at radius 3 is 2.85 bits per heavy atom. The summed E-state index contributed by atoms with van der Waals surface area (Å²) in [4.78, 5) is 35.4. The lowest BCUT2D eigenvalue weighted by atomic mass is 9.77. The molecule has 5 rings (SSSR count). The molecule has 0 spiro atoms. The van der Waals surface area contributed by atoms with E-state index < -0.39 is 5.54 Å². The van der Waals surface area contributed by atoms with Crippen molar-refractivity contribution in [1.29, 1.82) is 0 Å². The number of aromatic nitrogens is 2. The van der Waals surface area contributed by atoms with Crippen LogP contribution in [-0.2, 0) is 11.2 Å². The number of ether oxygens (including phenoxy) is 1. The van der Waals surface area contributed by atoms with Gasteiger partial charge in [-0.25, -0.2) is 0 Å². The molecule has 2 amide bonds. The first-order chi connectivity index (χ1) is 19.8. The maximum Gasteiger partial charge on any atom is 0.255 e. The number of aromatic amines is 1. The summed E-state index contributed by atoms with van der Waals surface area (Å²) < 4.78 is 5.55. The number of carbonyl (C=O) groups is 2. The molecule has 0 bridgehead atoms. The fraction of sp³-hybridized carbons (Fsp3) is 0.323. The number of halogens is 1. The summed E-state index contributed by atoms with van der Waals surface area (Å²) >= 11 is 6.39. The van der Waals surface area contributed by atoms with E-state index >= 15 is 0 Å². The predicted octanol–water partition coefficient (Wildman–Crippen LogP) is 4.28. The molecule has 0 saturated heterocycles. The van der Waals surface area contributed by atoms with Gasteiger partial charge in [0.15, 0.2) is 5.75 Å². The number of benzene rings is 1. The van der Waals surface area contributed by atoms with Crippen LogP contribution in [0.2, 0.25) is 5.02 Å². The molecule has 2 aliphatic rings. The van der Waals surface area contributed by atoms with E-state index in [1.165, 1.54) is 0 Å². The van der Waals surface area contributed by atoms with Gasteiger partial charge in [-0.15, -0.1) is 0 Å². The maximum atomic E-state index is 13.0. The van der Waals surface area contributed by atoms with Gasteiger partial charge in [0.05, 0.1) is 40.3 Å². The first-order valence-electron chi connectivity index (χ1n) is 13.5. The van der Waals surface area contributed by atoms with Crippen LogP contribution in [0.5, 0.6) is 5.75 Å². The van der Waals surface area contributed by atoms with Crippen molar-refractivity contribution < 1.29 is 14.3 Å². The molecule has 0 atom stereocenters. The zero-order valence-corrected chi connectivity index (χ0v) is 24.1. The molecule has 2 aromatic heterocycles. The maximum absolute atomic E-state index is 13.0. The van der Waals surface area contributed by atoms with Crippen molar-refractivity contribution in [3.05, 3.63) is 70.7 Å². The number of nitrogens with zero attached hydrogens (tertiary/aromatic N) is 2. The molecule has 3 heterocycles. The topological polar surface area (TPSA) is 111 Å². The molecule has 4 N–H and O–H groups in total. The molecular weight excluding hydrogens is 540 g/mol. The minimum absolute atomic E-state index is 0.155. The molecule has 3 aromatic rings. The van der Waals surface area contributed by atoms with Gasteiger partial charge in [0.2, 0.25) is 5.91 Å². The largest absolute Gasteiger partial charge is 0.493 e. The Bertz CT molecular complexity index is 1560. The van der Waals surface area contributed by atoms with Crippen LogP contribution in [0.4, 0.5) is 11.4 Å². The van der Waals surface area contributed by atoms with Crippen LogP contribution in [0.25, 0.3) is 11.3 Å². The number of pyridine rings is 1. The van der Waals surface area contributed by atoms with Gasteiger partial charge >= 0.3 is 0 Å². The van der Waals surface area contributed by atoms with E-state index in [4.69, 9.17) is 16.3 Å². The second-order valence-electron chi connectivity index (χ2n) is 10.4. The second-order valence-corrected chi connectivity index (χ2v) is 10.8. The number of carbonyl (C=O) groups excluding carboxylic acids is 2. The third-order valence-electron chi connectivity index (χ3n) is 7.23. The number of amides is 2. The van der Waals surface area contributed by atoms with Gasteiger partial charge < -0.3 is 30.6 Å². The van der Waals surface area contributed by atoms with Crippen LogP contribution in [0.15, 0.2) is 48.8 Å². The highest BCUT2D eigenvalue weighted by atomic mass is 35.5. The lowest BCUT2D eigenvalue weighted by Gasteiger charge is -2.37. The number of hydrogen-bond acceptors (Lipinski definition) is 6. The molecule has 41 heavy (non-hydrogen) atoms. The number of likely N-dealkylation sites (N-methyl/N-ethyl adjacent to an activating group) is 1. The molecule has 1 aliphatic carbocycles. The van der Waals surface area contributed by atoms with Crippen LogP contribution in [0, 0.1) is 11.8 Å². The van der Waals surface area contributed by atoms with Crippen molar-refractivity contribution in [1.82, 2.24) is 25.5 Å². The van der Waals surface area contributed by atoms with E-state index in [9.17, 15) is 9.59 Å². The highest BCUT2D eigenvalue weighted by Crippen LogP contribution is 2.41. The van der Waals surface area contributed by atoms with Gasteiger partial charge in [-0.3, -0.25) is 14.6 Å². The number of methoxy groups -OCH3 is 1. The monoisotopic (exact) mass is 572 g/mol. The van der Waals surface area contributed by atoms with Gasteiger partial charge in [0.1, 0.15) is 5.54 Å². The van der Waals surface area contributed by atoms with Crippen molar-refractivity contribution in [2.24, 2.45) is 0 Å². The van der Waals surface area contributed by atoms with Gasteiger partial charge in [0.25, 0.3) is 5.91 Å². The SMILES string of the molecule is COc1c(Cl)cccc1Nc1c(-c2ccncc2C#CC2(NC(=O)/C=C/CN(C)C)CCC2)[nH]c2c1C(=O)NCC2. The smallest absolute Gasteiger partial charge is 0.255 e. The van der Waals surface area contributed by atoms with E-state index in [0.717, 1.165) is 30.5 Å². The minimum atomic E-state index is -0.587. The van der Waals surface area contributed by atoms with E-state index in [1.54, 1.807) is 31.6 Å². The molecule has 1 aliphatic heterocycles. The summed E-state index contributed by atoms with van der Waals surface area (Å²) in [6.45, 7) is 1.22. The van der Waals surface area contributed by atoms with Gasteiger partial charge in [-0.2, -0.15) is 0 Å². The molecule has 0 unspecified atom stereocenters. The molecular formula is C31H33ClN6O3. The normalized spacial score (nSPS) is 15.4. The zero-order chi connectivity index (χ0) is 29.0. The number of H-pyrrole nitrogens is 1. The third-order valence-corrected chi connectivity index (χ3v) is 7.53. The van der Waals surface area contributed by atoms with Gasteiger partial charge in [-0.1, -0.05) is 35.6 Å². The van der Waals surface area contributed by atoms with E-state index in [-0.39, 0.29) is 11.8 Å². The Hall–Kier alpha value is -4.26. The number of anilines is 2. The van der Waals surface area contributed by atoms with Crippen LogP contribution in [0.3, 0.4) is 0 Å². The Kier molecular flexibility index (Phi) is 8.34. The molecule has 10 heteroatoms. The first kappa shape index (κ1) is 28.3. The van der Waals surface area contributed by atoms with E-state index in [2.05, 4.69) is 37.8 Å². The molecule has 1 aromatic carbocycles. The van der Waals surface area contributed by atoms with Crippen molar-refractivity contribution in [3.63, 3.8) is 0 Å². The quantitative estimate of drug-likeness (QED) is 0.237. The first-order valence-corrected chi connectivity index (χ1v) is 13.9. The summed E-state index contributed by atoms with van der Waals surface area (Å²) in [7, 11) is 5.45. The highest BCUT2D eigenvalue weighted by Gasteiger charge is 2.36. The Morgan fingerprint density at radius 1 is 1.29 bits per heavy atom. The molecule has 1 fully saturated rings. The van der Waals surface area contributed by atoms with Crippen LogP contribution < -0.4 is 20.7 Å². The summed E-state index contributed by atoms with van der Waals surface area (Å²) in [5, 5.41) is 9.90. The van der Waals surface area contributed by atoms with Crippen molar-refractivity contribution >= 4 is 34.8 Å². The van der Waals surface area contributed by atoms with Crippen LogP contribution >= 0.6 is 11.6 Å². The Morgan fingerprint density at radius 2 is 2.12 bits per heavy atom. The van der Waals surface area contributed by atoms with Gasteiger partial charge in [0, 0.05) is 49.2 Å². The second kappa shape index (κ2) is 12.1. The summed E-state index contributed by atoms with van der Waals surface area (Å²) in [6.07, 6.45) is 10.0. The Balaban J connectivity index is 1.53. The molecule has 1 saturated carbocycles. The van der Waals surface area contributed by atoms with E-state index in [0.29, 0.717) is 58.5 Å². The van der Waals surface area contributed by atoms with Crippen molar-refractivity contribution in [3.8, 4) is 28.8 Å². The summed E-state index contributed by atoms with van der Waals surface area (Å²) in [5.74, 6) is 6.78. The minimum Gasteiger partial charge on any atom is -0.493 e. The van der Waals surface area contributed by atoms with Crippen molar-refractivity contribution in [2.75, 3.05) is 39.6 Å². The van der Waals surface area contributed by atoms with Crippen molar-refractivity contribution in [2.45, 2.75) is 31.2 Å². The fourth-order valence-corrected chi connectivity index (χ4v) is 5.27. The van der Waals surface area contributed by atoms with E-state index in [1.807, 2.05) is 43.3 Å². The number of hydrogen-bond donors (Lipinski definition) is 4. The third kappa shape index (κ3) is 6.09. The Labute approximate surface area is 244 Å². The molecule has 212 valence electrons. The lowest BCUT2D eigenvalue weighted by Crippen LogP contribution is -2.52. The van der Waals surface area contributed by atoms with Crippen LogP contribution in [0.1, 0.15) is 40.9 Å². The number of nitrogens with one attached hydrogen (secondary N) is 4. The number of para-hydroxylation sites is 1. The lowest BCUT2D eigenvalue weighted by molar-refractivity contribution is -0.118. The number of rotatable bonds is 8. The standard InChI is InChI=1S/C31H33ClN6O3/c1-38(2)18-5-9-25(39)37-31(13-6-14-31)15-10-20-19-33-16-11-21(20)27-28(26-23(35-27)12-17-34-30(26)40)36-24-8-4-7-22(32)29(24)41-3/h4-5,7-9,11,16,19,35-36H,6,12-14,17-18H2,1-3H3,(H,34,40)(H,37,39)/b9-5+. The van der Waals surface area contributed by atoms with Crippen LogP contribution in [-0.4, -0.2) is 66.5 Å². The zero-order valence-electron chi connectivity index (χ0n) is 23.4. The average Bonchev–Trinajstić information content (AvgIpc) is 3.29. The highest BCUT2D eigenvalue weighted by molar-refractivity contribution is 6.32. The van der Waals surface area contributed by atoms with Gasteiger partial charge in [-0.05, 0) is 51.6 Å². The molecule has 9 nitrogen and oxygen atoms in total. The summed E-state index contributed by atoms with van der Waals surface area (Å²) in [5.41, 5.74) is 4.18. The average molecular weight is 573 g/mol.